The van der Waals surface area contributed by atoms with Gasteiger partial charge in [0.15, 0.2) is 0 Å². The number of rotatable bonds is 6. The van der Waals surface area contributed by atoms with E-state index in [9.17, 15) is 13.2 Å². The first-order chi connectivity index (χ1) is 8.42. The summed E-state index contributed by atoms with van der Waals surface area (Å²) < 4.78 is 24.6. The van der Waals surface area contributed by atoms with E-state index in [-0.39, 0.29) is 11.8 Å². The Balaban J connectivity index is 2.38. The fraction of sp³-hybridized carbons (Fsp3) is 0.909. The highest BCUT2D eigenvalue weighted by Crippen LogP contribution is 2.17. The predicted molar refractivity (Wildman–Crippen MR) is 70.4 cm³/mol. The Morgan fingerprint density at radius 3 is 2.83 bits per heavy atom. The number of likely N-dealkylation sites (tertiary alicyclic amines) is 1. The SMILES string of the molecule is CS(=O)(=O)NCC1CCCN(C(=O)CCCN)C1. The van der Waals surface area contributed by atoms with Gasteiger partial charge in [0.25, 0.3) is 0 Å². The Kier molecular flexibility index (Phi) is 6.04. The van der Waals surface area contributed by atoms with Crippen molar-refractivity contribution >= 4 is 15.9 Å². The van der Waals surface area contributed by atoms with Gasteiger partial charge in [-0.1, -0.05) is 0 Å². The first kappa shape index (κ1) is 15.4. The lowest BCUT2D eigenvalue weighted by Crippen LogP contribution is -2.43. The molecule has 0 saturated carbocycles. The Hall–Kier alpha value is -0.660. The highest BCUT2D eigenvalue weighted by atomic mass is 32.2. The number of nitrogens with one attached hydrogen (secondary N) is 1. The van der Waals surface area contributed by atoms with Gasteiger partial charge in [-0.25, -0.2) is 13.1 Å². The quantitative estimate of drug-likeness (QED) is 0.685. The maximum atomic E-state index is 11.8. The van der Waals surface area contributed by atoms with Crippen LogP contribution in [-0.4, -0.2) is 51.7 Å². The Bertz CT molecular complexity index is 370. The molecule has 1 heterocycles. The average molecular weight is 277 g/mol. The van der Waals surface area contributed by atoms with Crippen molar-refractivity contribution in [2.24, 2.45) is 11.7 Å². The monoisotopic (exact) mass is 277 g/mol. The van der Waals surface area contributed by atoms with Crippen LogP contribution in [0.2, 0.25) is 0 Å². The van der Waals surface area contributed by atoms with Crippen molar-refractivity contribution in [3.05, 3.63) is 0 Å². The molecule has 0 aromatic heterocycles. The molecule has 0 radical (unpaired) electrons. The lowest BCUT2D eigenvalue weighted by molar-refractivity contribution is -0.133. The molecule has 1 unspecified atom stereocenters. The summed E-state index contributed by atoms with van der Waals surface area (Å²) in [6.07, 6.45) is 4.25. The zero-order valence-corrected chi connectivity index (χ0v) is 11.7. The first-order valence-corrected chi connectivity index (χ1v) is 8.24. The van der Waals surface area contributed by atoms with Crippen LogP contribution < -0.4 is 10.5 Å². The molecule has 3 N–H and O–H groups in total. The highest BCUT2D eigenvalue weighted by Gasteiger charge is 2.23. The topological polar surface area (TPSA) is 92.5 Å². The van der Waals surface area contributed by atoms with E-state index in [2.05, 4.69) is 4.72 Å². The Morgan fingerprint density at radius 1 is 1.50 bits per heavy atom. The van der Waals surface area contributed by atoms with Crippen LogP contribution >= 0.6 is 0 Å². The van der Waals surface area contributed by atoms with Crippen LogP contribution in [0, 0.1) is 5.92 Å². The van der Waals surface area contributed by atoms with Crippen molar-refractivity contribution in [1.82, 2.24) is 9.62 Å². The van der Waals surface area contributed by atoms with Crippen LogP contribution in [-0.2, 0) is 14.8 Å². The molecular formula is C11H23N3O3S. The van der Waals surface area contributed by atoms with E-state index < -0.39 is 10.0 Å². The van der Waals surface area contributed by atoms with Crippen molar-refractivity contribution in [1.29, 1.82) is 0 Å². The van der Waals surface area contributed by atoms with E-state index >= 15 is 0 Å². The largest absolute Gasteiger partial charge is 0.342 e. The maximum absolute atomic E-state index is 11.8. The molecule has 106 valence electrons. The fourth-order valence-corrected chi connectivity index (χ4v) is 2.68. The van der Waals surface area contributed by atoms with Crippen LogP contribution in [0.1, 0.15) is 25.7 Å². The van der Waals surface area contributed by atoms with Crippen molar-refractivity contribution in [3.63, 3.8) is 0 Å². The second-order valence-corrected chi connectivity index (χ2v) is 6.69. The van der Waals surface area contributed by atoms with E-state index in [1.165, 1.54) is 0 Å². The third kappa shape index (κ3) is 5.79. The number of hydrogen-bond donors (Lipinski definition) is 2. The molecule has 0 bridgehead atoms. The molecule has 1 aliphatic rings. The smallest absolute Gasteiger partial charge is 0.222 e. The van der Waals surface area contributed by atoms with Gasteiger partial charge in [0.2, 0.25) is 15.9 Å². The van der Waals surface area contributed by atoms with Gasteiger partial charge >= 0.3 is 0 Å². The fourth-order valence-electron chi connectivity index (χ4n) is 2.14. The number of carbonyl (C=O) groups is 1. The third-order valence-electron chi connectivity index (χ3n) is 3.10. The maximum Gasteiger partial charge on any atom is 0.222 e. The molecular weight excluding hydrogens is 254 g/mol. The molecule has 1 rings (SSSR count). The normalized spacial score (nSPS) is 21.0. The highest BCUT2D eigenvalue weighted by molar-refractivity contribution is 7.88. The van der Waals surface area contributed by atoms with Gasteiger partial charge in [0, 0.05) is 26.1 Å². The standard InChI is InChI=1S/C11H23N3O3S/c1-18(16,17)13-8-10-4-3-7-14(9-10)11(15)5-2-6-12/h10,13H,2-9,12H2,1H3. The molecule has 6 nitrogen and oxygen atoms in total. The lowest BCUT2D eigenvalue weighted by Gasteiger charge is -2.32. The summed E-state index contributed by atoms with van der Waals surface area (Å²) in [5, 5.41) is 0. The van der Waals surface area contributed by atoms with E-state index in [1.54, 1.807) is 0 Å². The molecule has 1 amide bonds. The summed E-state index contributed by atoms with van der Waals surface area (Å²) in [6.45, 7) is 2.36. The summed E-state index contributed by atoms with van der Waals surface area (Å²) >= 11 is 0. The van der Waals surface area contributed by atoms with Crippen molar-refractivity contribution in [2.75, 3.05) is 32.4 Å². The summed E-state index contributed by atoms with van der Waals surface area (Å²) in [7, 11) is -3.15. The van der Waals surface area contributed by atoms with E-state index in [1.807, 2.05) is 4.90 Å². The van der Waals surface area contributed by atoms with Crippen LogP contribution in [0.15, 0.2) is 0 Å². The average Bonchev–Trinajstić information content (AvgIpc) is 2.33. The molecule has 1 saturated heterocycles. The predicted octanol–water partition coefficient (Wildman–Crippen LogP) is -0.487. The minimum absolute atomic E-state index is 0.129. The molecule has 1 atom stereocenters. The van der Waals surface area contributed by atoms with Gasteiger partial charge in [-0.3, -0.25) is 4.79 Å². The molecule has 0 spiro atoms. The van der Waals surface area contributed by atoms with Crippen LogP contribution in [0.25, 0.3) is 0 Å². The van der Waals surface area contributed by atoms with Gasteiger partial charge in [-0.2, -0.15) is 0 Å². The number of nitrogens with two attached hydrogens (primary N) is 1. The zero-order valence-electron chi connectivity index (χ0n) is 10.9. The summed E-state index contributed by atoms with van der Waals surface area (Å²) in [4.78, 5) is 13.7. The van der Waals surface area contributed by atoms with Crippen molar-refractivity contribution in [2.45, 2.75) is 25.7 Å². The lowest BCUT2D eigenvalue weighted by atomic mass is 9.98. The third-order valence-corrected chi connectivity index (χ3v) is 3.79. The number of carbonyl (C=O) groups excluding carboxylic acids is 1. The molecule has 0 aromatic carbocycles. The molecule has 1 aliphatic heterocycles. The first-order valence-electron chi connectivity index (χ1n) is 6.35. The van der Waals surface area contributed by atoms with Gasteiger partial charge < -0.3 is 10.6 Å². The Morgan fingerprint density at radius 2 is 2.22 bits per heavy atom. The van der Waals surface area contributed by atoms with Crippen LogP contribution in [0.3, 0.4) is 0 Å². The molecule has 0 aromatic rings. The summed E-state index contributed by atoms with van der Waals surface area (Å²) in [5.74, 6) is 0.347. The number of piperidine rings is 1. The second kappa shape index (κ2) is 7.06. The van der Waals surface area contributed by atoms with Gasteiger partial charge in [-0.05, 0) is 31.7 Å². The minimum atomic E-state index is -3.15. The Labute approximate surface area is 109 Å². The number of hydrogen-bond acceptors (Lipinski definition) is 4. The molecule has 1 fully saturated rings. The zero-order chi connectivity index (χ0) is 13.6. The van der Waals surface area contributed by atoms with Gasteiger partial charge in [0.05, 0.1) is 6.26 Å². The van der Waals surface area contributed by atoms with Crippen molar-refractivity contribution < 1.29 is 13.2 Å². The molecule has 18 heavy (non-hydrogen) atoms. The van der Waals surface area contributed by atoms with Gasteiger partial charge in [-0.15, -0.1) is 0 Å². The van der Waals surface area contributed by atoms with E-state index in [0.717, 1.165) is 25.6 Å². The molecule has 0 aliphatic carbocycles. The van der Waals surface area contributed by atoms with Gasteiger partial charge in [0.1, 0.15) is 0 Å². The van der Waals surface area contributed by atoms with Crippen molar-refractivity contribution in [3.8, 4) is 0 Å². The van der Waals surface area contributed by atoms with Crippen LogP contribution in [0.4, 0.5) is 0 Å². The second-order valence-electron chi connectivity index (χ2n) is 4.86. The number of nitrogens with zero attached hydrogens (tertiary/aromatic N) is 1. The number of sulfonamides is 1. The van der Waals surface area contributed by atoms with Crippen LogP contribution in [0.5, 0.6) is 0 Å². The summed E-state index contributed by atoms with van der Waals surface area (Å²) in [5.41, 5.74) is 5.38. The van der Waals surface area contributed by atoms with E-state index in [4.69, 9.17) is 5.73 Å². The molecule has 7 heteroatoms. The summed E-state index contributed by atoms with van der Waals surface area (Å²) in [6, 6.07) is 0. The van der Waals surface area contributed by atoms with E-state index in [0.29, 0.717) is 32.5 Å². The number of amides is 1. The minimum Gasteiger partial charge on any atom is -0.342 e.